The summed E-state index contributed by atoms with van der Waals surface area (Å²) in [6.45, 7) is 0. The Bertz CT molecular complexity index is 906. The Hall–Kier alpha value is -2.69. The summed E-state index contributed by atoms with van der Waals surface area (Å²) < 4.78 is 0. The van der Waals surface area contributed by atoms with Gasteiger partial charge in [-0.2, -0.15) is 15.0 Å². The van der Waals surface area contributed by atoms with Gasteiger partial charge in [-0.15, -0.1) is 0 Å². The zero-order valence-corrected chi connectivity index (χ0v) is 14.0. The van der Waals surface area contributed by atoms with Crippen molar-refractivity contribution in [3.05, 3.63) is 60.4 Å². The fraction of sp³-hybridized carbons (Fsp3) is 0.350. The first-order valence-electron chi connectivity index (χ1n) is 8.97. The minimum atomic E-state index is 0.171. The van der Waals surface area contributed by atoms with Gasteiger partial charge in [-0.1, -0.05) is 30.3 Å². The minimum absolute atomic E-state index is 0.171. The number of piperidine rings is 1. The lowest BCUT2D eigenvalue weighted by Crippen LogP contribution is -2.47. The molecule has 0 saturated carbocycles. The van der Waals surface area contributed by atoms with Gasteiger partial charge in [0.25, 0.3) is 5.91 Å². The molecular weight excluding hydrogens is 312 g/mol. The Morgan fingerprint density at radius 3 is 2.28 bits per heavy atom. The summed E-state index contributed by atoms with van der Waals surface area (Å²) in [6, 6.07) is 15.1. The molecule has 2 fully saturated rings. The van der Waals surface area contributed by atoms with Gasteiger partial charge in [-0.3, -0.25) is 4.79 Å². The number of hydrogen-bond donors (Lipinski definition) is 0. The second-order valence-corrected chi connectivity index (χ2v) is 7.13. The summed E-state index contributed by atoms with van der Waals surface area (Å²) in [5.41, 5.74) is 0.797. The molecule has 5 rings (SSSR count). The number of nitrogens with zero attached hydrogens (tertiary/aromatic N) is 4. The first-order chi connectivity index (χ1) is 12.3. The molecule has 2 unspecified atom stereocenters. The van der Waals surface area contributed by atoms with Crippen LogP contribution in [0.3, 0.4) is 0 Å². The lowest BCUT2D eigenvalue weighted by molar-refractivity contribution is 0.0512. The Morgan fingerprint density at radius 2 is 1.56 bits per heavy atom. The van der Waals surface area contributed by atoms with E-state index in [1.54, 1.807) is 12.4 Å². The first-order valence-corrected chi connectivity index (χ1v) is 8.97. The number of hydrogen-bond acceptors (Lipinski definition) is 3. The van der Waals surface area contributed by atoms with Gasteiger partial charge in [0.05, 0.1) is 18.4 Å². The molecule has 2 aromatic carbocycles. The zero-order valence-electron chi connectivity index (χ0n) is 14.0. The topological polar surface area (TPSA) is 51.0 Å². The second-order valence-electron chi connectivity index (χ2n) is 7.13. The van der Waals surface area contributed by atoms with Gasteiger partial charge >= 0.3 is 0 Å². The van der Waals surface area contributed by atoms with Crippen LogP contribution < -0.4 is 0 Å². The van der Waals surface area contributed by atoms with Crippen molar-refractivity contribution < 1.29 is 4.79 Å². The lowest BCUT2D eigenvalue weighted by atomic mass is 9.96. The van der Waals surface area contributed by atoms with Crippen molar-refractivity contribution in [3.8, 4) is 0 Å². The summed E-state index contributed by atoms with van der Waals surface area (Å²) in [6.07, 6.45) is 7.53. The maximum atomic E-state index is 13.2. The molecule has 3 heterocycles. The minimum Gasteiger partial charge on any atom is -0.333 e. The van der Waals surface area contributed by atoms with E-state index in [9.17, 15) is 4.79 Å². The van der Waals surface area contributed by atoms with Crippen LogP contribution in [0.25, 0.3) is 10.8 Å². The van der Waals surface area contributed by atoms with E-state index >= 15 is 0 Å². The third-order valence-corrected chi connectivity index (χ3v) is 5.70. The van der Waals surface area contributed by atoms with E-state index in [0.29, 0.717) is 18.1 Å². The molecule has 2 saturated heterocycles. The summed E-state index contributed by atoms with van der Waals surface area (Å²) >= 11 is 0. The summed E-state index contributed by atoms with van der Waals surface area (Å²) in [4.78, 5) is 17.1. The molecule has 126 valence electrons. The van der Waals surface area contributed by atoms with Crippen LogP contribution in [0.2, 0.25) is 0 Å². The number of carbonyl (C=O) groups excluding carboxylic acids is 1. The Balaban J connectivity index is 1.42. The molecule has 2 bridgehead atoms. The fourth-order valence-electron chi connectivity index (χ4n) is 4.55. The molecule has 1 aromatic heterocycles. The quantitative estimate of drug-likeness (QED) is 0.722. The van der Waals surface area contributed by atoms with Crippen LogP contribution in [-0.4, -0.2) is 37.9 Å². The van der Waals surface area contributed by atoms with E-state index < -0.39 is 0 Å². The number of rotatable bonds is 2. The first kappa shape index (κ1) is 14.6. The SMILES string of the molecule is O=C(c1ccc2ccccc2c1)N1C2CCC1CC(n1nccn1)C2. The van der Waals surface area contributed by atoms with Crippen LogP contribution in [-0.2, 0) is 0 Å². The highest BCUT2D eigenvalue weighted by molar-refractivity contribution is 5.99. The van der Waals surface area contributed by atoms with Crippen LogP contribution in [0.15, 0.2) is 54.9 Å². The maximum absolute atomic E-state index is 13.2. The molecule has 0 N–H and O–H groups in total. The van der Waals surface area contributed by atoms with E-state index in [2.05, 4.69) is 27.2 Å². The third kappa shape index (κ3) is 2.42. The standard InChI is InChI=1S/C20H20N4O/c25-20(16-6-5-14-3-1-2-4-15(14)11-16)23-17-7-8-18(23)13-19(12-17)24-21-9-10-22-24/h1-6,9-11,17-19H,7-8,12-13H2. The van der Waals surface area contributed by atoms with Crippen LogP contribution in [0.5, 0.6) is 0 Å². The second kappa shape index (κ2) is 5.69. The molecule has 2 aliphatic heterocycles. The Labute approximate surface area is 146 Å². The Kier molecular flexibility index (Phi) is 3.33. The number of fused-ring (bicyclic) bond motifs is 3. The predicted octanol–water partition coefficient (Wildman–Crippen LogP) is 3.44. The third-order valence-electron chi connectivity index (χ3n) is 5.70. The summed E-state index contributed by atoms with van der Waals surface area (Å²) in [7, 11) is 0. The highest BCUT2D eigenvalue weighted by Gasteiger charge is 2.44. The largest absolute Gasteiger partial charge is 0.333 e. The monoisotopic (exact) mass is 332 g/mol. The van der Waals surface area contributed by atoms with Gasteiger partial charge < -0.3 is 4.90 Å². The van der Waals surface area contributed by atoms with Crippen molar-refractivity contribution >= 4 is 16.7 Å². The van der Waals surface area contributed by atoms with Gasteiger partial charge in [0.2, 0.25) is 0 Å². The lowest BCUT2D eigenvalue weighted by Gasteiger charge is -2.38. The van der Waals surface area contributed by atoms with Crippen molar-refractivity contribution in [2.45, 2.75) is 43.8 Å². The molecular formula is C20H20N4O. The smallest absolute Gasteiger partial charge is 0.254 e. The van der Waals surface area contributed by atoms with Crippen molar-refractivity contribution in [3.63, 3.8) is 0 Å². The van der Waals surface area contributed by atoms with E-state index in [1.807, 2.05) is 35.1 Å². The van der Waals surface area contributed by atoms with E-state index in [1.165, 1.54) is 5.39 Å². The number of carbonyl (C=O) groups is 1. The number of amides is 1. The van der Waals surface area contributed by atoms with Crippen molar-refractivity contribution in [1.82, 2.24) is 19.9 Å². The van der Waals surface area contributed by atoms with E-state index in [4.69, 9.17) is 0 Å². The highest BCUT2D eigenvalue weighted by atomic mass is 16.2. The van der Waals surface area contributed by atoms with Crippen LogP contribution in [0.1, 0.15) is 42.1 Å². The average Bonchev–Trinajstić information content (AvgIpc) is 3.27. The molecule has 0 aliphatic carbocycles. The zero-order chi connectivity index (χ0) is 16.8. The van der Waals surface area contributed by atoms with Gasteiger partial charge in [0, 0.05) is 17.6 Å². The average molecular weight is 332 g/mol. The molecule has 0 spiro atoms. The highest BCUT2D eigenvalue weighted by Crippen LogP contribution is 2.41. The normalized spacial score (nSPS) is 25.4. The molecule has 5 heteroatoms. The summed E-state index contributed by atoms with van der Waals surface area (Å²) in [5.74, 6) is 0.171. The van der Waals surface area contributed by atoms with Crippen molar-refractivity contribution in [1.29, 1.82) is 0 Å². The van der Waals surface area contributed by atoms with Crippen LogP contribution >= 0.6 is 0 Å². The molecule has 2 aliphatic rings. The van der Waals surface area contributed by atoms with E-state index in [-0.39, 0.29) is 5.91 Å². The van der Waals surface area contributed by atoms with Gasteiger partial charge in [-0.25, -0.2) is 0 Å². The summed E-state index contributed by atoms with van der Waals surface area (Å²) in [5, 5.41) is 10.9. The Morgan fingerprint density at radius 1 is 0.880 bits per heavy atom. The van der Waals surface area contributed by atoms with Gasteiger partial charge in [0.1, 0.15) is 0 Å². The molecule has 25 heavy (non-hydrogen) atoms. The van der Waals surface area contributed by atoms with Crippen molar-refractivity contribution in [2.75, 3.05) is 0 Å². The molecule has 2 atom stereocenters. The van der Waals surface area contributed by atoms with Crippen LogP contribution in [0.4, 0.5) is 0 Å². The van der Waals surface area contributed by atoms with Crippen molar-refractivity contribution in [2.24, 2.45) is 0 Å². The molecule has 0 radical (unpaired) electrons. The van der Waals surface area contributed by atoms with Gasteiger partial charge in [-0.05, 0) is 48.6 Å². The predicted molar refractivity (Wildman–Crippen MR) is 95.2 cm³/mol. The molecule has 5 nitrogen and oxygen atoms in total. The number of aromatic nitrogens is 3. The molecule has 3 aromatic rings. The molecule has 1 amide bonds. The van der Waals surface area contributed by atoms with Gasteiger partial charge in [0.15, 0.2) is 0 Å². The van der Waals surface area contributed by atoms with Crippen LogP contribution in [0, 0.1) is 0 Å². The fourth-order valence-corrected chi connectivity index (χ4v) is 4.55. The maximum Gasteiger partial charge on any atom is 0.254 e. The number of benzene rings is 2. The van der Waals surface area contributed by atoms with E-state index in [0.717, 1.165) is 36.6 Å².